The first kappa shape index (κ1) is 21.0. The third kappa shape index (κ3) is 4.15. The molecular weight excluding hydrogens is 392 g/mol. The van der Waals surface area contributed by atoms with E-state index in [1.54, 1.807) is 0 Å². The van der Waals surface area contributed by atoms with E-state index in [1.165, 1.54) is 31.4 Å². The largest absolute Gasteiger partial charge is 0.494 e. The first-order chi connectivity index (χ1) is 13.5. The van der Waals surface area contributed by atoms with Gasteiger partial charge < -0.3 is 8.92 Å². The van der Waals surface area contributed by atoms with E-state index in [2.05, 4.69) is 12.9 Å². The van der Waals surface area contributed by atoms with E-state index >= 15 is 0 Å². The minimum Gasteiger partial charge on any atom is -0.494 e. The highest BCUT2D eigenvalue weighted by Crippen LogP contribution is 2.40. The highest BCUT2D eigenvalue weighted by Gasteiger charge is 2.27. The summed E-state index contributed by atoms with van der Waals surface area (Å²) in [4.78, 5) is 0. The number of ether oxygens (including phenoxy) is 1. The van der Waals surface area contributed by atoms with E-state index in [0.29, 0.717) is 18.1 Å². The molecule has 0 spiro atoms. The first-order valence-corrected chi connectivity index (χ1v) is 9.61. The fourth-order valence-corrected chi connectivity index (χ4v) is 4.07. The minimum absolute atomic E-state index is 0.0887. The zero-order valence-corrected chi connectivity index (χ0v) is 16.4. The van der Waals surface area contributed by atoms with E-state index in [-0.39, 0.29) is 22.8 Å². The standard InChI is InChI=1S/C21H22F4O2S/c1-26-17-9-8-16(20(24)21(17)25)15-7-6-14(18(22)19(15)23)13-4-2-12(3-5-13)10-11-27-28/h6-9,12-13,28H,2-5,10-11H2,1H3. The predicted octanol–water partition coefficient (Wildman–Crippen LogP) is 6.44. The molecule has 0 aliphatic heterocycles. The number of halogens is 4. The van der Waals surface area contributed by atoms with Crippen molar-refractivity contribution in [2.75, 3.05) is 13.7 Å². The third-order valence-electron chi connectivity index (χ3n) is 5.57. The van der Waals surface area contributed by atoms with Crippen molar-refractivity contribution in [2.45, 2.75) is 38.0 Å². The van der Waals surface area contributed by atoms with Crippen molar-refractivity contribution in [3.63, 3.8) is 0 Å². The van der Waals surface area contributed by atoms with Crippen molar-refractivity contribution in [2.24, 2.45) is 5.92 Å². The van der Waals surface area contributed by atoms with Crippen LogP contribution in [0.25, 0.3) is 11.1 Å². The van der Waals surface area contributed by atoms with Crippen LogP contribution in [0.4, 0.5) is 17.6 Å². The van der Waals surface area contributed by atoms with Crippen LogP contribution in [0.1, 0.15) is 43.6 Å². The molecule has 0 radical (unpaired) electrons. The lowest BCUT2D eigenvalue weighted by Crippen LogP contribution is -2.16. The van der Waals surface area contributed by atoms with Crippen molar-refractivity contribution in [1.82, 2.24) is 0 Å². The van der Waals surface area contributed by atoms with Crippen LogP contribution in [0.2, 0.25) is 0 Å². The molecule has 1 aliphatic carbocycles. The molecular formula is C21H22F4O2S. The quantitative estimate of drug-likeness (QED) is 0.333. The van der Waals surface area contributed by atoms with Gasteiger partial charge in [0.2, 0.25) is 5.82 Å². The van der Waals surface area contributed by atoms with Gasteiger partial charge >= 0.3 is 0 Å². The van der Waals surface area contributed by atoms with Gasteiger partial charge in [0.1, 0.15) is 0 Å². The van der Waals surface area contributed by atoms with Crippen molar-refractivity contribution in [1.29, 1.82) is 0 Å². The maximum atomic E-state index is 14.8. The SMILES string of the molecule is COc1ccc(-c2ccc(C3CCC(CCOS)CC3)c(F)c2F)c(F)c1F. The van der Waals surface area contributed by atoms with Crippen LogP contribution in [0.15, 0.2) is 24.3 Å². The van der Waals surface area contributed by atoms with Gasteiger partial charge in [-0.1, -0.05) is 12.1 Å². The number of hydrogen-bond acceptors (Lipinski definition) is 3. The smallest absolute Gasteiger partial charge is 0.201 e. The van der Waals surface area contributed by atoms with E-state index in [9.17, 15) is 17.6 Å². The summed E-state index contributed by atoms with van der Waals surface area (Å²) in [5, 5.41) is 0. The molecule has 1 fully saturated rings. The zero-order valence-electron chi connectivity index (χ0n) is 15.5. The van der Waals surface area contributed by atoms with Crippen molar-refractivity contribution in [3.8, 4) is 16.9 Å². The highest BCUT2D eigenvalue weighted by molar-refractivity contribution is 7.75. The molecule has 1 saturated carbocycles. The van der Waals surface area contributed by atoms with Crippen LogP contribution in [0.5, 0.6) is 5.75 Å². The fraction of sp³-hybridized carbons (Fsp3) is 0.429. The summed E-state index contributed by atoms with van der Waals surface area (Å²) in [6.45, 7) is 0.570. The molecule has 0 aromatic heterocycles. The van der Waals surface area contributed by atoms with Gasteiger partial charge in [-0.2, -0.15) is 4.39 Å². The summed E-state index contributed by atoms with van der Waals surface area (Å²) in [6, 6.07) is 5.17. The van der Waals surface area contributed by atoms with Crippen molar-refractivity contribution < 1.29 is 26.5 Å². The summed E-state index contributed by atoms with van der Waals surface area (Å²) >= 11 is 3.74. The Bertz CT molecular complexity index is 836. The number of methoxy groups -OCH3 is 1. The summed E-state index contributed by atoms with van der Waals surface area (Å²) in [5.41, 5.74) is -0.351. The fourth-order valence-electron chi connectivity index (χ4n) is 3.97. The van der Waals surface area contributed by atoms with Crippen LogP contribution in [-0.4, -0.2) is 13.7 Å². The maximum Gasteiger partial charge on any atom is 0.201 e. The van der Waals surface area contributed by atoms with Crippen LogP contribution in [-0.2, 0) is 4.18 Å². The summed E-state index contributed by atoms with van der Waals surface area (Å²) in [6.07, 6.45) is 4.21. The molecule has 2 aromatic carbocycles. The molecule has 152 valence electrons. The van der Waals surface area contributed by atoms with Gasteiger partial charge in [0.05, 0.1) is 13.7 Å². The molecule has 0 bridgehead atoms. The summed E-state index contributed by atoms with van der Waals surface area (Å²) in [5.74, 6) is -4.54. The van der Waals surface area contributed by atoms with Gasteiger partial charge in [-0.15, -0.1) is 0 Å². The first-order valence-electron chi connectivity index (χ1n) is 9.24. The van der Waals surface area contributed by atoms with Gasteiger partial charge in [0.15, 0.2) is 23.2 Å². The lowest BCUT2D eigenvalue weighted by molar-refractivity contribution is 0.257. The monoisotopic (exact) mass is 414 g/mol. The Labute approximate surface area is 167 Å². The van der Waals surface area contributed by atoms with Crippen LogP contribution >= 0.6 is 12.9 Å². The van der Waals surface area contributed by atoms with Crippen LogP contribution in [0, 0.1) is 29.2 Å². The van der Waals surface area contributed by atoms with E-state index in [1.807, 2.05) is 0 Å². The lowest BCUT2D eigenvalue weighted by atomic mass is 9.77. The van der Waals surface area contributed by atoms with Gasteiger partial charge in [-0.05, 0) is 74.5 Å². The summed E-state index contributed by atoms with van der Waals surface area (Å²) < 4.78 is 67.2. The number of thiol groups is 1. The Hall–Kier alpha value is -1.73. The summed E-state index contributed by atoms with van der Waals surface area (Å²) in [7, 11) is 1.20. The molecule has 0 N–H and O–H groups in total. The molecule has 0 atom stereocenters. The van der Waals surface area contributed by atoms with Crippen molar-refractivity contribution in [3.05, 3.63) is 53.1 Å². The van der Waals surface area contributed by atoms with E-state index < -0.39 is 23.3 Å². The molecule has 3 rings (SSSR count). The second-order valence-electron chi connectivity index (χ2n) is 7.11. The molecule has 28 heavy (non-hydrogen) atoms. The van der Waals surface area contributed by atoms with Crippen LogP contribution < -0.4 is 4.74 Å². The third-order valence-corrected chi connectivity index (χ3v) is 5.76. The topological polar surface area (TPSA) is 18.5 Å². The maximum absolute atomic E-state index is 14.8. The Balaban J connectivity index is 1.84. The van der Waals surface area contributed by atoms with Gasteiger partial charge in [0, 0.05) is 11.1 Å². The Kier molecular flexibility index (Phi) is 6.88. The van der Waals surface area contributed by atoms with E-state index in [4.69, 9.17) is 8.92 Å². The lowest BCUT2D eigenvalue weighted by Gasteiger charge is -2.29. The average Bonchev–Trinajstić information content (AvgIpc) is 2.71. The molecule has 0 amide bonds. The minimum atomic E-state index is -1.27. The van der Waals surface area contributed by atoms with Gasteiger partial charge in [-0.3, -0.25) is 0 Å². The van der Waals surface area contributed by atoms with Crippen molar-refractivity contribution >= 4 is 12.9 Å². The predicted molar refractivity (Wildman–Crippen MR) is 103 cm³/mol. The normalized spacial score (nSPS) is 19.6. The van der Waals surface area contributed by atoms with Gasteiger partial charge in [-0.25, -0.2) is 13.2 Å². The molecule has 1 aliphatic rings. The molecule has 7 heteroatoms. The number of rotatable bonds is 6. The van der Waals surface area contributed by atoms with Gasteiger partial charge in [0.25, 0.3) is 0 Å². The second-order valence-corrected chi connectivity index (χ2v) is 7.37. The van der Waals surface area contributed by atoms with E-state index in [0.717, 1.165) is 32.1 Å². The molecule has 2 aromatic rings. The Morgan fingerprint density at radius 1 is 0.857 bits per heavy atom. The molecule has 0 unspecified atom stereocenters. The zero-order chi connectivity index (χ0) is 20.3. The van der Waals surface area contributed by atoms with Crippen LogP contribution in [0.3, 0.4) is 0 Å². The Morgan fingerprint density at radius 2 is 1.46 bits per heavy atom. The molecule has 0 saturated heterocycles. The number of hydrogen-bond donors (Lipinski definition) is 1. The average molecular weight is 414 g/mol. The number of benzene rings is 2. The highest BCUT2D eigenvalue weighted by atomic mass is 32.1. The second kappa shape index (κ2) is 9.18. The molecule has 2 nitrogen and oxygen atoms in total. The Morgan fingerprint density at radius 3 is 2.07 bits per heavy atom. The molecule has 0 heterocycles.